The predicted molar refractivity (Wildman–Crippen MR) is 76.6 cm³/mol. The van der Waals surface area contributed by atoms with Crippen molar-refractivity contribution in [2.45, 2.75) is 65.8 Å². The van der Waals surface area contributed by atoms with Crippen LogP contribution in [0.4, 0.5) is 0 Å². The largest absolute Gasteiger partial charge is 0.348 e. The van der Waals surface area contributed by atoms with Gasteiger partial charge in [0, 0.05) is 12.6 Å². The maximum Gasteiger partial charge on any atom is 0.309 e. The number of carbonyl (C=O) groups excluding carboxylic acids is 2. The maximum atomic E-state index is 11.6. The Hall–Kier alpha value is -1.06. The van der Waals surface area contributed by atoms with Gasteiger partial charge in [0.2, 0.25) is 0 Å². The molecule has 0 bridgehead atoms. The third-order valence-corrected chi connectivity index (χ3v) is 4.62. The van der Waals surface area contributed by atoms with Gasteiger partial charge in [-0.1, -0.05) is 27.2 Å². The maximum absolute atomic E-state index is 11.6. The zero-order valence-electron chi connectivity index (χ0n) is 12.7. The fraction of sp³-hybridized carbons (Fsp3) is 0.867. The highest BCUT2D eigenvalue weighted by Crippen LogP contribution is 2.40. The summed E-state index contributed by atoms with van der Waals surface area (Å²) in [5, 5.41) is 5.37. The fourth-order valence-electron chi connectivity index (χ4n) is 2.80. The van der Waals surface area contributed by atoms with Crippen LogP contribution in [0.2, 0.25) is 0 Å². The highest BCUT2D eigenvalue weighted by molar-refractivity contribution is 6.35. The quantitative estimate of drug-likeness (QED) is 0.768. The molecule has 0 spiro atoms. The molecule has 110 valence electrons. The van der Waals surface area contributed by atoms with Crippen molar-refractivity contribution in [1.82, 2.24) is 10.6 Å². The molecule has 1 saturated carbocycles. The van der Waals surface area contributed by atoms with E-state index in [0.717, 1.165) is 31.6 Å². The molecule has 2 N–H and O–H groups in total. The summed E-state index contributed by atoms with van der Waals surface area (Å²) in [6.07, 6.45) is 5.44. The number of rotatable bonds is 4. The minimum atomic E-state index is -0.515. The van der Waals surface area contributed by atoms with E-state index in [9.17, 15) is 9.59 Å². The molecule has 0 atom stereocenters. The molecule has 1 fully saturated rings. The normalized spacial score (nSPS) is 23.8. The number of nitrogens with one attached hydrogen (secondary N) is 2. The lowest BCUT2D eigenvalue weighted by Gasteiger charge is -2.39. The molecule has 0 aromatic carbocycles. The summed E-state index contributed by atoms with van der Waals surface area (Å²) in [7, 11) is 0. The lowest BCUT2D eigenvalue weighted by Crippen LogP contribution is -2.46. The van der Waals surface area contributed by atoms with Gasteiger partial charge in [-0.25, -0.2) is 0 Å². The second kappa shape index (κ2) is 6.92. The highest BCUT2D eigenvalue weighted by atomic mass is 16.2. The number of amides is 2. The summed E-state index contributed by atoms with van der Waals surface area (Å²) >= 11 is 0. The molecular formula is C15H28N2O2. The standard InChI is InChI=1S/C15H28N2O2/c1-5-15(3,4)11-7-9-12(10-8-11)17-14(19)13(18)16-6-2/h11-12H,5-10H2,1-4H3,(H,16,18)(H,17,19). The Morgan fingerprint density at radius 3 is 2.11 bits per heavy atom. The topological polar surface area (TPSA) is 58.2 Å². The van der Waals surface area contributed by atoms with Crippen molar-refractivity contribution in [3.8, 4) is 0 Å². The molecule has 2 amide bonds. The molecule has 19 heavy (non-hydrogen) atoms. The Morgan fingerprint density at radius 2 is 1.63 bits per heavy atom. The van der Waals surface area contributed by atoms with E-state index in [1.54, 1.807) is 0 Å². The molecule has 0 aromatic heterocycles. The monoisotopic (exact) mass is 268 g/mol. The van der Waals surface area contributed by atoms with Gasteiger partial charge < -0.3 is 10.6 Å². The molecule has 1 rings (SSSR count). The second-order valence-electron chi connectivity index (χ2n) is 6.22. The van der Waals surface area contributed by atoms with Gasteiger partial charge in [-0.3, -0.25) is 9.59 Å². The van der Waals surface area contributed by atoms with E-state index < -0.39 is 11.8 Å². The Morgan fingerprint density at radius 1 is 1.05 bits per heavy atom. The van der Waals surface area contributed by atoms with Gasteiger partial charge in [0.05, 0.1) is 0 Å². The molecule has 1 aliphatic rings. The summed E-state index contributed by atoms with van der Waals surface area (Å²) in [6.45, 7) is 9.19. The van der Waals surface area contributed by atoms with Crippen LogP contribution < -0.4 is 10.6 Å². The number of hydrogen-bond donors (Lipinski definition) is 2. The van der Waals surface area contributed by atoms with E-state index in [4.69, 9.17) is 0 Å². The predicted octanol–water partition coefficient (Wildman–Crippen LogP) is 2.23. The van der Waals surface area contributed by atoms with Crippen molar-refractivity contribution in [3.05, 3.63) is 0 Å². The zero-order chi connectivity index (χ0) is 14.5. The summed E-state index contributed by atoms with van der Waals surface area (Å²) in [5.74, 6) is -0.270. The third kappa shape index (κ3) is 4.51. The van der Waals surface area contributed by atoms with Crippen LogP contribution in [0.3, 0.4) is 0 Å². The van der Waals surface area contributed by atoms with Crippen LogP contribution in [0.1, 0.15) is 59.8 Å². The molecule has 1 aliphatic carbocycles. The van der Waals surface area contributed by atoms with E-state index in [1.165, 1.54) is 6.42 Å². The van der Waals surface area contributed by atoms with Crippen LogP contribution in [-0.2, 0) is 9.59 Å². The van der Waals surface area contributed by atoms with Crippen molar-refractivity contribution in [2.24, 2.45) is 11.3 Å². The molecule has 0 radical (unpaired) electrons. The SMILES string of the molecule is CCNC(=O)C(=O)NC1CCC(C(C)(C)CC)CC1. The molecule has 4 nitrogen and oxygen atoms in total. The first-order chi connectivity index (χ1) is 8.90. The van der Waals surface area contributed by atoms with Gasteiger partial charge in [0.15, 0.2) is 0 Å². The molecule has 0 heterocycles. The van der Waals surface area contributed by atoms with Gasteiger partial charge in [-0.2, -0.15) is 0 Å². The van der Waals surface area contributed by atoms with Crippen LogP contribution in [0.25, 0.3) is 0 Å². The van der Waals surface area contributed by atoms with Crippen LogP contribution in [0.5, 0.6) is 0 Å². The summed E-state index contributed by atoms with van der Waals surface area (Å²) in [6, 6.07) is 0.166. The van der Waals surface area contributed by atoms with Crippen molar-refractivity contribution in [1.29, 1.82) is 0 Å². The Balaban J connectivity index is 2.38. The van der Waals surface area contributed by atoms with Gasteiger partial charge in [0.1, 0.15) is 0 Å². The van der Waals surface area contributed by atoms with Gasteiger partial charge in [-0.05, 0) is 43.9 Å². The first kappa shape index (κ1) is 16.0. The first-order valence-electron chi connectivity index (χ1n) is 7.49. The molecule has 4 heteroatoms. The van der Waals surface area contributed by atoms with E-state index in [2.05, 4.69) is 31.4 Å². The minimum absolute atomic E-state index is 0.166. The number of hydrogen-bond acceptors (Lipinski definition) is 2. The van der Waals surface area contributed by atoms with Gasteiger partial charge >= 0.3 is 11.8 Å². The zero-order valence-corrected chi connectivity index (χ0v) is 12.7. The second-order valence-corrected chi connectivity index (χ2v) is 6.22. The lowest BCUT2D eigenvalue weighted by molar-refractivity contribution is -0.139. The van der Waals surface area contributed by atoms with Crippen molar-refractivity contribution in [2.75, 3.05) is 6.54 Å². The fourth-order valence-corrected chi connectivity index (χ4v) is 2.80. The Kier molecular flexibility index (Phi) is 5.83. The van der Waals surface area contributed by atoms with E-state index in [0.29, 0.717) is 12.0 Å². The van der Waals surface area contributed by atoms with E-state index in [-0.39, 0.29) is 6.04 Å². The van der Waals surface area contributed by atoms with Gasteiger partial charge in [0.25, 0.3) is 0 Å². The molecule has 0 unspecified atom stereocenters. The summed E-state index contributed by atoms with van der Waals surface area (Å²) in [5.41, 5.74) is 0.383. The minimum Gasteiger partial charge on any atom is -0.348 e. The highest BCUT2D eigenvalue weighted by Gasteiger charge is 2.32. The number of likely N-dealkylation sites (N-methyl/N-ethyl adjacent to an activating group) is 1. The average molecular weight is 268 g/mol. The lowest BCUT2D eigenvalue weighted by atomic mass is 9.69. The van der Waals surface area contributed by atoms with E-state index in [1.807, 2.05) is 6.92 Å². The number of carbonyl (C=O) groups is 2. The van der Waals surface area contributed by atoms with Crippen LogP contribution in [-0.4, -0.2) is 24.4 Å². The summed E-state index contributed by atoms with van der Waals surface area (Å²) < 4.78 is 0. The first-order valence-corrected chi connectivity index (χ1v) is 7.49. The molecule has 0 aromatic rings. The van der Waals surface area contributed by atoms with Crippen molar-refractivity contribution >= 4 is 11.8 Å². The Bertz CT molecular complexity index is 318. The van der Waals surface area contributed by atoms with Crippen molar-refractivity contribution < 1.29 is 9.59 Å². The van der Waals surface area contributed by atoms with E-state index >= 15 is 0 Å². The van der Waals surface area contributed by atoms with Gasteiger partial charge in [-0.15, -0.1) is 0 Å². The molecule has 0 saturated heterocycles. The smallest absolute Gasteiger partial charge is 0.309 e. The summed E-state index contributed by atoms with van der Waals surface area (Å²) in [4.78, 5) is 23.0. The van der Waals surface area contributed by atoms with Crippen LogP contribution >= 0.6 is 0 Å². The third-order valence-electron chi connectivity index (χ3n) is 4.62. The van der Waals surface area contributed by atoms with Crippen LogP contribution in [0, 0.1) is 11.3 Å². The molecule has 0 aliphatic heterocycles. The van der Waals surface area contributed by atoms with Crippen molar-refractivity contribution in [3.63, 3.8) is 0 Å². The molecular weight excluding hydrogens is 240 g/mol. The Labute approximate surface area is 116 Å². The average Bonchev–Trinajstić information content (AvgIpc) is 2.39. The van der Waals surface area contributed by atoms with Crippen LogP contribution in [0.15, 0.2) is 0 Å².